The Morgan fingerprint density at radius 2 is 1.71 bits per heavy atom. The fourth-order valence-corrected chi connectivity index (χ4v) is 4.94. The maximum absolute atomic E-state index is 3.16. The number of hydrogen-bond acceptors (Lipinski definition) is 0. The molecule has 0 aliphatic carbocycles. The van der Waals surface area contributed by atoms with Gasteiger partial charge in [0.1, 0.15) is 0 Å². The molecule has 0 heterocycles. The van der Waals surface area contributed by atoms with Crippen molar-refractivity contribution >= 4 is 34.3 Å². The second-order valence-electron chi connectivity index (χ2n) is 2.47. The van der Waals surface area contributed by atoms with Crippen LogP contribution in [0.3, 0.4) is 0 Å². The average molecular weight is 268 g/mol. The third kappa shape index (κ3) is 6.84. The van der Waals surface area contributed by atoms with Crippen LogP contribution in [0, 0.1) is 8.77 Å². The van der Waals surface area contributed by atoms with Gasteiger partial charge in [-0.2, -0.15) is 0 Å². The van der Waals surface area contributed by atoms with Crippen molar-refractivity contribution in [3.63, 3.8) is 0 Å². The quantitative estimate of drug-likeness (QED) is 0.466. The molecule has 7 heavy (non-hydrogen) atoms. The van der Waals surface area contributed by atoms with Crippen LogP contribution in [0.4, 0.5) is 0 Å². The molecule has 0 rings (SSSR count). The van der Waals surface area contributed by atoms with Crippen LogP contribution < -0.4 is 0 Å². The van der Waals surface area contributed by atoms with Gasteiger partial charge < -0.3 is 0 Å². The molecule has 0 spiro atoms. The van der Waals surface area contributed by atoms with E-state index in [1.165, 1.54) is 0 Å². The third-order valence-corrected chi connectivity index (χ3v) is 4.16. The molecule has 0 aromatic rings. The zero-order chi connectivity index (χ0) is 5.91. The summed E-state index contributed by atoms with van der Waals surface area (Å²) in [5, 5.41) is 0. The zero-order valence-corrected chi connectivity index (χ0v) is 9.32. The van der Waals surface area contributed by atoms with Crippen LogP contribution in [0.1, 0.15) is 0 Å². The van der Waals surface area contributed by atoms with E-state index in [1.807, 2.05) is 0 Å². The summed E-state index contributed by atoms with van der Waals surface area (Å²) >= 11 is 1.39. The second kappa shape index (κ2) is 2.98. The van der Waals surface area contributed by atoms with Gasteiger partial charge in [0.15, 0.2) is 0 Å². The summed E-state index contributed by atoms with van der Waals surface area (Å²) in [6.45, 7) is 0. The Morgan fingerprint density at radius 3 is 1.71 bits per heavy atom. The van der Waals surface area contributed by atoms with Crippen LogP contribution in [-0.4, -0.2) is 18.4 Å². The molecule has 0 bridgehead atoms. The van der Waals surface area contributed by atoms with Crippen molar-refractivity contribution in [3.8, 4) is 8.77 Å². The topological polar surface area (TPSA) is 0 Å². The van der Waals surface area contributed by atoms with Crippen LogP contribution in [0.5, 0.6) is 0 Å². The van der Waals surface area contributed by atoms with E-state index >= 15 is 0 Å². The maximum atomic E-state index is 3.16. The van der Waals surface area contributed by atoms with Crippen LogP contribution in [0.15, 0.2) is 0 Å². The predicted octanol–water partition coefficient (Wildman–Crippen LogP) is 2.22. The molecule has 0 aliphatic heterocycles. The normalized spacial score (nSPS) is 9.71. The molecule has 0 amide bonds. The molecule has 0 atom stereocenters. The van der Waals surface area contributed by atoms with Gasteiger partial charge in [0.25, 0.3) is 0 Å². The summed E-state index contributed by atoms with van der Waals surface area (Å²) in [6, 6.07) is 0. The summed E-state index contributed by atoms with van der Waals surface area (Å²) in [5.41, 5.74) is 0. The molecule has 0 nitrogen and oxygen atoms in total. The first-order chi connectivity index (χ1) is 3.06. The Bertz CT molecular complexity index is 101. The van der Waals surface area contributed by atoms with Crippen molar-refractivity contribution in [2.45, 2.75) is 14.8 Å². The summed E-state index contributed by atoms with van der Waals surface area (Å²) in [7, 11) is 0. The van der Waals surface area contributed by atoms with E-state index in [2.05, 4.69) is 39.5 Å². The fourth-order valence-electron chi connectivity index (χ4n) is 0.142. The Balaban J connectivity index is 3.72. The standard InChI is InChI=1S/C2Br.3CH3.Sn/c1-2-3;;;;/h;3*1H3;. The van der Waals surface area contributed by atoms with Gasteiger partial charge in [-0.3, -0.25) is 0 Å². The Morgan fingerprint density at radius 1 is 1.29 bits per heavy atom. The van der Waals surface area contributed by atoms with Gasteiger partial charge in [-0.25, -0.2) is 0 Å². The van der Waals surface area contributed by atoms with Gasteiger partial charge in [0, 0.05) is 0 Å². The molecule has 0 N–H and O–H groups in total. The minimum atomic E-state index is -1.68. The van der Waals surface area contributed by atoms with Gasteiger partial charge in [-0.05, 0) is 0 Å². The summed E-state index contributed by atoms with van der Waals surface area (Å²) in [5.74, 6) is 0. The van der Waals surface area contributed by atoms with Crippen LogP contribution in [-0.2, 0) is 0 Å². The monoisotopic (exact) mass is 268 g/mol. The Hall–Kier alpha value is 0.839. The molecule has 0 saturated carbocycles. The Kier molecular flexibility index (Phi) is 3.34. The van der Waals surface area contributed by atoms with E-state index in [0.717, 1.165) is 0 Å². The molecular weight excluding hydrogens is 259 g/mol. The van der Waals surface area contributed by atoms with Crippen molar-refractivity contribution in [2.75, 3.05) is 0 Å². The Labute approximate surface area is 57.7 Å². The number of rotatable bonds is 0. The van der Waals surface area contributed by atoms with Gasteiger partial charge in [-0.1, -0.05) is 0 Å². The van der Waals surface area contributed by atoms with Gasteiger partial charge in [0.2, 0.25) is 0 Å². The number of hydrogen-bond donors (Lipinski definition) is 0. The van der Waals surface area contributed by atoms with Crippen molar-refractivity contribution in [1.82, 2.24) is 0 Å². The summed E-state index contributed by atoms with van der Waals surface area (Å²) in [4.78, 5) is 9.61. The third-order valence-electron chi connectivity index (χ3n) is 0.422. The molecule has 0 fully saturated rings. The van der Waals surface area contributed by atoms with Crippen LogP contribution >= 0.6 is 15.9 Å². The first-order valence-corrected chi connectivity index (χ1v) is 13.0. The first kappa shape index (κ1) is 7.84. The van der Waals surface area contributed by atoms with Crippen molar-refractivity contribution in [1.29, 1.82) is 0 Å². The summed E-state index contributed by atoms with van der Waals surface area (Å²) in [6.07, 6.45) is 0. The molecule has 0 aliphatic rings. The predicted molar refractivity (Wildman–Crippen MR) is 40.0 cm³/mol. The molecule has 40 valence electrons. The van der Waals surface area contributed by atoms with Crippen molar-refractivity contribution < 1.29 is 0 Å². The van der Waals surface area contributed by atoms with Crippen LogP contribution in [0.25, 0.3) is 0 Å². The van der Waals surface area contributed by atoms with E-state index in [1.54, 1.807) is 0 Å². The van der Waals surface area contributed by atoms with Crippen molar-refractivity contribution in [2.24, 2.45) is 0 Å². The zero-order valence-electron chi connectivity index (χ0n) is 4.88. The van der Waals surface area contributed by atoms with E-state index in [4.69, 9.17) is 0 Å². The summed E-state index contributed by atoms with van der Waals surface area (Å²) < 4.78 is 3.16. The van der Waals surface area contributed by atoms with Crippen molar-refractivity contribution in [3.05, 3.63) is 0 Å². The molecule has 0 aromatic carbocycles. The SMILES string of the molecule is [CH3][Sn]([CH3])([CH3])[C]#CBr. The molecule has 0 aromatic heterocycles. The van der Waals surface area contributed by atoms with E-state index in [9.17, 15) is 0 Å². The molecule has 0 unspecified atom stereocenters. The number of halogens is 1. The average Bonchev–Trinajstić information content (AvgIpc) is 1.30. The fraction of sp³-hybridized carbons (Fsp3) is 0.600. The second-order valence-corrected chi connectivity index (χ2v) is 16.4. The van der Waals surface area contributed by atoms with Gasteiger partial charge >= 0.3 is 57.9 Å². The van der Waals surface area contributed by atoms with Crippen LogP contribution in [0.2, 0.25) is 14.8 Å². The van der Waals surface area contributed by atoms with E-state index < -0.39 is 18.4 Å². The van der Waals surface area contributed by atoms with Gasteiger partial charge in [-0.15, -0.1) is 0 Å². The van der Waals surface area contributed by atoms with Gasteiger partial charge in [0.05, 0.1) is 0 Å². The molecule has 0 saturated heterocycles. The molecule has 0 radical (unpaired) electrons. The first-order valence-electron chi connectivity index (χ1n) is 2.19. The molecular formula is C5H9BrSn. The van der Waals surface area contributed by atoms with E-state index in [-0.39, 0.29) is 0 Å². The minimum absolute atomic E-state index is 1.68. The molecule has 2 heteroatoms. The van der Waals surface area contributed by atoms with E-state index in [0.29, 0.717) is 0 Å².